The molecule has 1 aliphatic heterocycles. The maximum Gasteiger partial charge on any atom is 0.232 e. The second-order valence-electron chi connectivity index (χ2n) is 5.72. The summed E-state index contributed by atoms with van der Waals surface area (Å²) in [5.41, 5.74) is 3.34. The summed E-state index contributed by atoms with van der Waals surface area (Å²) in [5.74, 6) is 0.00928. The number of amides is 1. The summed E-state index contributed by atoms with van der Waals surface area (Å²) in [6.07, 6.45) is 0.716. The van der Waals surface area contributed by atoms with Crippen LogP contribution >= 0.6 is 0 Å². The van der Waals surface area contributed by atoms with Gasteiger partial charge in [-0.25, -0.2) is 0 Å². The van der Waals surface area contributed by atoms with E-state index in [4.69, 9.17) is 0 Å². The largest absolute Gasteiger partial charge is 0.330 e. The Kier molecular flexibility index (Phi) is 2.82. The maximum absolute atomic E-state index is 11.7. The minimum Gasteiger partial charge on any atom is -0.330 e. The molecule has 0 aromatic heterocycles. The molecule has 0 bridgehead atoms. The third-order valence-corrected chi connectivity index (χ3v) is 3.25. The van der Waals surface area contributed by atoms with Crippen LogP contribution in [0.15, 0.2) is 36.5 Å². The zero-order valence-electron chi connectivity index (χ0n) is 10.7. The van der Waals surface area contributed by atoms with Crippen molar-refractivity contribution in [1.82, 2.24) is 5.32 Å². The average Bonchev–Trinajstić information content (AvgIpc) is 2.57. The summed E-state index contributed by atoms with van der Waals surface area (Å²) in [5, 5.41) is 2.78. The van der Waals surface area contributed by atoms with Crippen molar-refractivity contribution in [2.24, 2.45) is 0 Å². The van der Waals surface area contributed by atoms with Crippen molar-refractivity contribution in [2.75, 3.05) is 0 Å². The highest BCUT2D eigenvalue weighted by Crippen LogP contribution is 2.30. The van der Waals surface area contributed by atoms with E-state index >= 15 is 0 Å². The molecule has 1 fully saturated rings. The summed E-state index contributed by atoms with van der Waals surface area (Å²) >= 11 is 0. The van der Waals surface area contributed by atoms with Crippen molar-refractivity contribution in [3.05, 3.63) is 47.7 Å². The van der Waals surface area contributed by atoms with Crippen LogP contribution in [0.25, 0.3) is 0 Å². The number of carbonyl (C=O) groups is 1. The normalized spacial score (nSPS) is 20.5. The average molecular weight is 229 g/mol. The van der Waals surface area contributed by atoms with Gasteiger partial charge in [-0.05, 0) is 16.5 Å². The molecule has 1 aliphatic rings. The first kappa shape index (κ1) is 11.9. The van der Waals surface area contributed by atoms with E-state index in [1.54, 1.807) is 0 Å². The van der Waals surface area contributed by atoms with Gasteiger partial charge in [-0.3, -0.25) is 4.79 Å². The topological polar surface area (TPSA) is 29.1 Å². The fraction of sp³-hybridized carbons (Fsp3) is 0.400. The summed E-state index contributed by atoms with van der Waals surface area (Å²) in [6, 6.07) is 8.35. The van der Waals surface area contributed by atoms with Gasteiger partial charge in [-0.1, -0.05) is 51.6 Å². The highest BCUT2D eigenvalue weighted by molar-refractivity contribution is 5.88. The van der Waals surface area contributed by atoms with Crippen molar-refractivity contribution in [3.8, 4) is 0 Å². The van der Waals surface area contributed by atoms with Crippen LogP contribution in [0.2, 0.25) is 0 Å². The van der Waals surface area contributed by atoms with Crippen molar-refractivity contribution in [3.63, 3.8) is 0 Å². The molecule has 1 heterocycles. The minimum absolute atomic E-state index is 0.0588. The predicted octanol–water partition coefficient (Wildman–Crippen LogP) is 3.10. The fourth-order valence-electron chi connectivity index (χ4n) is 2.14. The molecule has 2 rings (SSSR count). The Morgan fingerprint density at radius 1 is 1.24 bits per heavy atom. The zero-order chi connectivity index (χ0) is 12.6. The lowest BCUT2D eigenvalue weighted by atomic mass is 9.85. The summed E-state index contributed by atoms with van der Waals surface area (Å²) in [4.78, 5) is 11.7. The van der Waals surface area contributed by atoms with E-state index in [1.165, 1.54) is 5.56 Å². The van der Waals surface area contributed by atoms with Gasteiger partial charge in [0.15, 0.2) is 0 Å². The van der Waals surface area contributed by atoms with Crippen LogP contribution in [0.1, 0.15) is 44.2 Å². The van der Waals surface area contributed by atoms with E-state index in [0.717, 1.165) is 11.3 Å². The van der Waals surface area contributed by atoms with E-state index in [-0.39, 0.29) is 17.2 Å². The third-order valence-electron chi connectivity index (χ3n) is 3.25. The van der Waals surface area contributed by atoms with Gasteiger partial charge in [-0.2, -0.15) is 0 Å². The van der Waals surface area contributed by atoms with E-state index in [1.807, 2.05) is 0 Å². The Labute approximate surface area is 103 Å². The number of hydrogen-bond donors (Lipinski definition) is 1. The standard InChI is InChI=1S/C15H19NO/c1-10-9-13(14(17)16-10)11-5-7-12(8-6-11)15(2,3)4/h5-8,13H,1,9H2,2-4H3,(H,16,17). The Balaban J connectivity index is 2.24. The molecule has 1 N–H and O–H groups in total. The molecule has 90 valence electrons. The van der Waals surface area contributed by atoms with Crippen LogP contribution < -0.4 is 5.32 Å². The molecule has 2 heteroatoms. The lowest BCUT2D eigenvalue weighted by molar-refractivity contribution is -0.120. The van der Waals surface area contributed by atoms with E-state index in [9.17, 15) is 4.79 Å². The van der Waals surface area contributed by atoms with E-state index < -0.39 is 0 Å². The maximum atomic E-state index is 11.7. The minimum atomic E-state index is -0.0588. The SMILES string of the molecule is C=C1CC(c2ccc(C(C)(C)C)cc2)C(=O)N1. The first-order valence-corrected chi connectivity index (χ1v) is 5.97. The number of rotatable bonds is 1. The van der Waals surface area contributed by atoms with E-state index in [0.29, 0.717) is 6.42 Å². The van der Waals surface area contributed by atoms with Gasteiger partial charge in [0.1, 0.15) is 0 Å². The number of carbonyl (C=O) groups excluding carboxylic acids is 1. The smallest absolute Gasteiger partial charge is 0.232 e. The zero-order valence-corrected chi connectivity index (χ0v) is 10.7. The summed E-state index contributed by atoms with van der Waals surface area (Å²) in [7, 11) is 0. The van der Waals surface area contributed by atoms with Gasteiger partial charge in [0.25, 0.3) is 0 Å². The van der Waals surface area contributed by atoms with Crippen LogP contribution in [0.5, 0.6) is 0 Å². The van der Waals surface area contributed by atoms with Gasteiger partial charge in [0.05, 0.1) is 5.92 Å². The molecule has 0 spiro atoms. The van der Waals surface area contributed by atoms with Crippen molar-refractivity contribution >= 4 is 5.91 Å². The lowest BCUT2D eigenvalue weighted by Crippen LogP contribution is -2.17. The second-order valence-corrected chi connectivity index (χ2v) is 5.72. The molecule has 1 atom stereocenters. The Hall–Kier alpha value is -1.57. The molecule has 17 heavy (non-hydrogen) atoms. The summed E-state index contributed by atoms with van der Waals surface area (Å²) < 4.78 is 0. The molecule has 1 saturated heterocycles. The van der Waals surface area contributed by atoms with Crippen LogP contribution in [-0.4, -0.2) is 5.91 Å². The first-order valence-electron chi connectivity index (χ1n) is 5.97. The van der Waals surface area contributed by atoms with Crippen LogP contribution in [0.4, 0.5) is 0 Å². The molecule has 1 aromatic carbocycles. The van der Waals surface area contributed by atoms with Gasteiger partial charge in [-0.15, -0.1) is 0 Å². The molecule has 0 saturated carbocycles. The quantitative estimate of drug-likeness (QED) is 0.787. The molecule has 0 aliphatic carbocycles. The molecule has 1 unspecified atom stereocenters. The number of benzene rings is 1. The molecule has 2 nitrogen and oxygen atoms in total. The van der Waals surface area contributed by atoms with E-state index in [2.05, 4.69) is 56.9 Å². The van der Waals surface area contributed by atoms with Crippen LogP contribution in [-0.2, 0) is 10.2 Å². The van der Waals surface area contributed by atoms with Gasteiger partial charge >= 0.3 is 0 Å². The first-order chi connectivity index (χ1) is 7.88. The summed E-state index contributed by atoms with van der Waals surface area (Å²) in [6.45, 7) is 10.4. The van der Waals surface area contributed by atoms with Crippen LogP contribution in [0, 0.1) is 0 Å². The highest BCUT2D eigenvalue weighted by atomic mass is 16.2. The van der Waals surface area contributed by atoms with Crippen LogP contribution in [0.3, 0.4) is 0 Å². The molecule has 0 radical (unpaired) electrons. The van der Waals surface area contributed by atoms with Gasteiger partial charge < -0.3 is 5.32 Å². The van der Waals surface area contributed by atoms with Gasteiger partial charge in [0.2, 0.25) is 5.91 Å². The van der Waals surface area contributed by atoms with Gasteiger partial charge in [0, 0.05) is 12.1 Å². The Morgan fingerprint density at radius 2 is 1.82 bits per heavy atom. The third kappa shape index (κ3) is 2.41. The fourth-order valence-corrected chi connectivity index (χ4v) is 2.14. The highest BCUT2D eigenvalue weighted by Gasteiger charge is 2.28. The number of hydrogen-bond acceptors (Lipinski definition) is 1. The number of allylic oxidation sites excluding steroid dienone is 1. The molecular formula is C15H19NO. The lowest BCUT2D eigenvalue weighted by Gasteiger charge is -2.19. The molecular weight excluding hydrogens is 210 g/mol. The number of nitrogens with one attached hydrogen (secondary N) is 1. The monoisotopic (exact) mass is 229 g/mol. The molecule has 1 aromatic rings. The predicted molar refractivity (Wildman–Crippen MR) is 69.8 cm³/mol. The van der Waals surface area contributed by atoms with Crippen molar-refractivity contribution in [1.29, 1.82) is 0 Å². The Bertz CT molecular complexity index is 451. The van der Waals surface area contributed by atoms with Crippen molar-refractivity contribution < 1.29 is 4.79 Å². The van der Waals surface area contributed by atoms with Crippen molar-refractivity contribution in [2.45, 2.75) is 38.5 Å². The Morgan fingerprint density at radius 3 is 2.24 bits per heavy atom. The molecule has 1 amide bonds. The second kappa shape index (κ2) is 4.02.